The number of fused-ring (bicyclic) bond motifs is 1. The lowest BCUT2D eigenvalue weighted by Gasteiger charge is -2.03. The second kappa shape index (κ2) is 3.96. The van der Waals surface area contributed by atoms with Crippen LogP contribution in [0.4, 0.5) is 5.95 Å². The van der Waals surface area contributed by atoms with Gasteiger partial charge in [-0.25, -0.2) is 4.52 Å². The first-order valence-electron chi connectivity index (χ1n) is 5.38. The van der Waals surface area contributed by atoms with Crippen LogP contribution in [0.5, 0.6) is 0 Å². The number of rotatable bonds is 3. The van der Waals surface area contributed by atoms with Crippen LogP contribution in [0.15, 0.2) is 11.0 Å². The predicted molar refractivity (Wildman–Crippen MR) is 61.8 cm³/mol. The van der Waals surface area contributed by atoms with Gasteiger partial charge in [-0.15, -0.1) is 5.10 Å². The molecule has 0 spiro atoms. The maximum atomic E-state index is 11.8. The molecule has 0 unspecified atom stereocenters. The van der Waals surface area contributed by atoms with E-state index in [9.17, 15) is 4.79 Å². The van der Waals surface area contributed by atoms with Crippen LogP contribution in [0.3, 0.4) is 0 Å². The molecule has 2 heterocycles. The lowest BCUT2D eigenvalue weighted by Crippen LogP contribution is -2.23. The van der Waals surface area contributed by atoms with Crippen LogP contribution in [-0.4, -0.2) is 25.7 Å². The lowest BCUT2D eigenvalue weighted by molar-refractivity contribution is 0.707. The summed E-state index contributed by atoms with van der Waals surface area (Å²) in [5.41, 5.74) is 0.660. The molecule has 2 aromatic heterocycles. The molecule has 86 valence electrons. The first-order chi connectivity index (χ1) is 7.67. The van der Waals surface area contributed by atoms with Crippen LogP contribution in [0.1, 0.15) is 19.4 Å². The highest BCUT2D eigenvalue weighted by atomic mass is 16.1. The molecule has 0 saturated heterocycles. The van der Waals surface area contributed by atoms with Crippen LogP contribution in [0.25, 0.3) is 5.78 Å². The Labute approximate surface area is 92.9 Å². The summed E-state index contributed by atoms with van der Waals surface area (Å²) in [5.74, 6) is 1.13. The summed E-state index contributed by atoms with van der Waals surface area (Å²) in [6.45, 7) is 7.02. The van der Waals surface area contributed by atoms with Crippen LogP contribution >= 0.6 is 0 Å². The summed E-state index contributed by atoms with van der Waals surface area (Å²) in [4.78, 5) is 16.1. The Morgan fingerprint density at radius 2 is 2.19 bits per heavy atom. The molecule has 0 radical (unpaired) electrons. The van der Waals surface area contributed by atoms with Crippen molar-refractivity contribution in [1.29, 1.82) is 0 Å². The number of anilines is 1. The second-order valence-electron chi connectivity index (χ2n) is 3.57. The lowest BCUT2D eigenvalue weighted by atomic mass is 10.4. The van der Waals surface area contributed by atoms with Crippen molar-refractivity contribution in [3.8, 4) is 0 Å². The van der Waals surface area contributed by atoms with Crippen molar-refractivity contribution in [2.24, 2.45) is 0 Å². The van der Waals surface area contributed by atoms with Crippen LogP contribution in [0, 0.1) is 6.92 Å². The summed E-state index contributed by atoms with van der Waals surface area (Å²) in [5, 5.41) is 7.28. The number of aromatic nitrogens is 4. The quantitative estimate of drug-likeness (QED) is 0.826. The SMILES string of the molecule is CCNc1nc2n(CC)c(=O)c(C)cn2n1. The number of aryl methyl sites for hydroxylation is 2. The smallest absolute Gasteiger partial charge is 0.257 e. The third-order valence-electron chi connectivity index (χ3n) is 2.40. The van der Waals surface area contributed by atoms with E-state index < -0.39 is 0 Å². The van der Waals surface area contributed by atoms with Gasteiger partial charge in [0, 0.05) is 24.8 Å². The fourth-order valence-electron chi connectivity index (χ4n) is 1.65. The van der Waals surface area contributed by atoms with Gasteiger partial charge in [0.2, 0.25) is 11.7 Å². The fourth-order valence-corrected chi connectivity index (χ4v) is 1.65. The van der Waals surface area contributed by atoms with E-state index in [1.54, 1.807) is 22.2 Å². The van der Waals surface area contributed by atoms with Gasteiger partial charge in [0.05, 0.1) is 0 Å². The zero-order chi connectivity index (χ0) is 11.7. The summed E-state index contributed by atoms with van der Waals surface area (Å²) in [6.07, 6.45) is 1.71. The maximum Gasteiger partial charge on any atom is 0.257 e. The van der Waals surface area contributed by atoms with Crippen LogP contribution in [0.2, 0.25) is 0 Å². The standard InChI is InChI=1S/C10H15N5O/c1-4-11-9-12-10-14(5-2)8(16)7(3)6-15(10)13-9/h6H,4-5H2,1-3H3,(H,11,13). The summed E-state index contributed by atoms with van der Waals surface area (Å²) in [7, 11) is 0. The minimum absolute atomic E-state index is 0.00884. The first-order valence-corrected chi connectivity index (χ1v) is 5.38. The Morgan fingerprint density at radius 1 is 1.44 bits per heavy atom. The van der Waals surface area contributed by atoms with Gasteiger partial charge in [0.15, 0.2) is 0 Å². The molecule has 0 atom stereocenters. The number of hydrogen-bond donors (Lipinski definition) is 1. The highest BCUT2D eigenvalue weighted by molar-refractivity contribution is 5.38. The Kier molecular flexibility index (Phi) is 2.64. The molecule has 2 rings (SSSR count). The summed E-state index contributed by atoms with van der Waals surface area (Å²) < 4.78 is 3.25. The van der Waals surface area contributed by atoms with Gasteiger partial charge in [-0.1, -0.05) is 0 Å². The van der Waals surface area contributed by atoms with Crippen molar-refractivity contribution >= 4 is 11.7 Å². The largest absolute Gasteiger partial charge is 0.353 e. The Hall–Kier alpha value is -1.85. The first kappa shape index (κ1) is 10.7. The minimum Gasteiger partial charge on any atom is -0.353 e. The zero-order valence-electron chi connectivity index (χ0n) is 9.69. The van der Waals surface area contributed by atoms with Crippen molar-refractivity contribution in [2.45, 2.75) is 27.3 Å². The van der Waals surface area contributed by atoms with Gasteiger partial charge in [-0.3, -0.25) is 9.36 Å². The van der Waals surface area contributed by atoms with Crippen molar-refractivity contribution in [2.75, 3.05) is 11.9 Å². The molecule has 0 aliphatic heterocycles. The van der Waals surface area contributed by atoms with E-state index in [0.717, 1.165) is 6.54 Å². The van der Waals surface area contributed by atoms with Gasteiger partial charge in [-0.05, 0) is 20.8 Å². The average Bonchev–Trinajstić information content (AvgIpc) is 2.62. The van der Waals surface area contributed by atoms with Gasteiger partial charge >= 0.3 is 0 Å². The molecule has 0 bridgehead atoms. The predicted octanol–water partition coefficient (Wildman–Crippen LogP) is 0.651. The van der Waals surface area contributed by atoms with Gasteiger partial charge in [0.1, 0.15) is 0 Å². The molecule has 1 N–H and O–H groups in total. The number of hydrogen-bond acceptors (Lipinski definition) is 4. The third-order valence-corrected chi connectivity index (χ3v) is 2.40. The molecule has 16 heavy (non-hydrogen) atoms. The third kappa shape index (κ3) is 1.56. The normalized spacial score (nSPS) is 10.9. The van der Waals surface area contributed by atoms with E-state index in [1.807, 2.05) is 13.8 Å². The van der Waals surface area contributed by atoms with E-state index in [1.165, 1.54) is 0 Å². The maximum absolute atomic E-state index is 11.8. The van der Waals surface area contributed by atoms with Gasteiger partial charge in [-0.2, -0.15) is 4.98 Å². The summed E-state index contributed by atoms with van der Waals surface area (Å²) >= 11 is 0. The van der Waals surface area contributed by atoms with E-state index in [-0.39, 0.29) is 5.56 Å². The molecule has 0 aliphatic rings. The van der Waals surface area contributed by atoms with Crippen molar-refractivity contribution in [3.05, 3.63) is 22.1 Å². The Bertz CT molecular complexity index is 568. The second-order valence-corrected chi connectivity index (χ2v) is 3.57. The molecular formula is C10H15N5O. The Morgan fingerprint density at radius 3 is 2.81 bits per heavy atom. The molecule has 0 saturated carbocycles. The molecule has 6 heteroatoms. The van der Waals surface area contributed by atoms with E-state index in [0.29, 0.717) is 23.8 Å². The fraction of sp³-hybridized carbons (Fsp3) is 0.500. The molecule has 0 aliphatic carbocycles. The average molecular weight is 221 g/mol. The van der Waals surface area contributed by atoms with Gasteiger partial charge in [0.25, 0.3) is 5.56 Å². The number of nitrogens with zero attached hydrogens (tertiary/aromatic N) is 4. The summed E-state index contributed by atoms with van der Waals surface area (Å²) in [6, 6.07) is 0. The van der Waals surface area contributed by atoms with Crippen LogP contribution < -0.4 is 10.9 Å². The minimum atomic E-state index is -0.00884. The van der Waals surface area contributed by atoms with Gasteiger partial charge < -0.3 is 5.32 Å². The zero-order valence-corrected chi connectivity index (χ0v) is 9.69. The topological polar surface area (TPSA) is 64.2 Å². The molecule has 2 aromatic rings. The van der Waals surface area contributed by atoms with Crippen molar-refractivity contribution in [3.63, 3.8) is 0 Å². The molecule has 0 fully saturated rings. The highest BCUT2D eigenvalue weighted by Crippen LogP contribution is 2.04. The molecule has 0 amide bonds. The number of nitrogens with one attached hydrogen (secondary N) is 1. The monoisotopic (exact) mass is 221 g/mol. The van der Waals surface area contributed by atoms with Crippen molar-refractivity contribution < 1.29 is 0 Å². The van der Waals surface area contributed by atoms with E-state index in [2.05, 4.69) is 15.4 Å². The van der Waals surface area contributed by atoms with Crippen LogP contribution in [-0.2, 0) is 6.54 Å². The van der Waals surface area contributed by atoms with E-state index in [4.69, 9.17) is 0 Å². The highest BCUT2D eigenvalue weighted by Gasteiger charge is 2.09. The van der Waals surface area contributed by atoms with E-state index >= 15 is 0 Å². The molecular weight excluding hydrogens is 206 g/mol. The van der Waals surface area contributed by atoms with Crippen molar-refractivity contribution in [1.82, 2.24) is 19.2 Å². The Balaban J connectivity index is 2.71. The molecule has 0 aromatic carbocycles. The molecule has 6 nitrogen and oxygen atoms in total.